The highest BCUT2D eigenvalue weighted by Gasteiger charge is 2.04. The van der Waals surface area contributed by atoms with Crippen LogP contribution in [0.3, 0.4) is 0 Å². The van der Waals surface area contributed by atoms with Crippen molar-refractivity contribution in [1.82, 2.24) is 0 Å². The predicted molar refractivity (Wildman–Crippen MR) is 54.3 cm³/mol. The second-order valence-corrected chi connectivity index (χ2v) is 3.89. The first kappa shape index (κ1) is 9.75. The summed E-state index contributed by atoms with van der Waals surface area (Å²) in [5.74, 6) is 0. The predicted octanol–water partition coefficient (Wildman–Crippen LogP) is 2.68. The molecule has 0 saturated carbocycles. The third kappa shape index (κ3) is 2.32. The van der Waals surface area contributed by atoms with Crippen LogP contribution in [0.4, 0.5) is 0 Å². The summed E-state index contributed by atoms with van der Waals surface area (Å²) in [7, 11) is 0. The summed E-state index contributed by atoms with van der Waals surface area (Å²) >= 11 is 3.50. The molecule has 0 radical (unpaired) electrons. The average Bonchev–Trinajstić information content (AvgIpc) is 1.98. The van der Waals surface area contributed by atoms with E-state index in [9.17, 15) is 5.11 Å². The first-order valence-corrected chi connectivity index (χ1v) is 4.82. The van der Waals surface area contributed by atoms with Gasteiger partial charge in [-0.3, -0.25) is 0 Å². The minimum Gasteiger partial charge on any atom is -0.393 e. The van der Waals surface area contributed by atoms with E-state index in [4.69, 9.17) is 0 Å². The third-order valence-electron chi connectivity index (χ3n) is 1.79. The zero-order valence-corrected chi connectivity index (χ0v) is 8.93. The van der Waals surface area contributed by atoms with Crippen LogP contribution in [0, 0.1) is 6.92 Å². The average molecular weight is 229 g/mol. The van der Waals surface area contributed by atoms with Crippen molar-refractivity contribution in [2.75, 3.05) is 0 Å². The van der Waals surface area contributed by atoms with Crippen molar-refractivity contribution in [3.8, 4) is 0 Å². The lowest BCUT2D eigenvalue weighted by Crippen LogP contribution is -2.04. The maximum absolute atomic E-state index is 9.20. The lowest BCUT2D eigenvalue weighted by Gasteiger charge is -2.08. The summed E-state index contributed by atoms with van der Waals surface area (Å²) in [6, 6.07) is 6.09. The van der Waals surface area contributed by atoms with E-state index in [-0.39, 0.29) is 6.10 Å². The molecule has 0 aliphatic rings. The smallest absolute Gasteiger partial charge is 0.0552 e. The van der Waals surface area contributed by atoms with E-state index in [1.54, 1.807) is 6.92 Å². The molecule has 0 amide bonds. The number of aryl methyl sites for hydroxylation is 1. The molecule has 1 nitrogen and oxygen atoms in total. The van der Waals surface area contributed by atoms with Crippen LogP contribution < -0.4 is 0 Å². The van der Waals surface area contributed by atoms with E-state index in [1.807, 2.05) is 12.1 Å². The number of hydrogen-bond acceptors (Lipinski definition) is 1. The van der Waals surface area contributed by atoms with E-state index in [0.717, 1.165) is 4.47 Å². The summed E-state index contributed by atoms with van der Waals surface area (Å²) in [6.07, 6.45) is 0.436. The molecule has 0 fully saturated rings. The van der Waals surface area contributed by atoms with Gasteiger partial charge >= 0.3 is 0 Å². The van der Waals surface area contributed by atoms with Crippen molar-refractivity contribution in [2.45, 2.75) is 26.4 Å². The number of aliphatic hydroxyl groups is 1. The molecular weight excluding hydrogens is 216 g/mol. The summed E-state index contributed by atoms with van der Waals surface area (Å²) in [4.78, 5) is 0. The quantitative estimate of drug-likeness (QED) is 0.826. The topological polar surface area (TPSA) is 20.2 Å². The van der Waals surface area contributed by atoms with Gasteiger partial charge in [0, 0.05) is 4.47 Å². The van der Waals surface area contributed by atoms with Crippen LogP contribution in [0.2, 0.25) is 0 Å². The number of halogens is 1. The molecule has 12 heavy (non-hydrogen) atoms. The fraction of sp³-hybridized carbons (Fsp3) is 0.400. The highest BCUT2D eigenvalue weighted by Crippen LogP contribution is 2.21. The van der Waals surface area contributed by atoms with Gasteiger partial charge in [-0.25, -0.2) is 0 Å². The van der Waals surface area contributed by atoms with Crippen LogP contribution in [-0.2, 0) is 6.42 Å². The van der Waals surface area contributed by atoms with Gasteiger partial charge in [-0.05, 0) is 31.4 Å². The van der Waals surface area contributed by atoms with Crippen LogP contribution in [0.25, 0.3) is 0 Å². The number of aliphatic hydroxyl groups excluding tert-OH is 1. The standard InChI is InChI=1S/C10H13BrO/c1-7-4-3-5-9(10(7)11)6-8(2)12/h3-5,8,12H,6H2,1-2H3. The molecule has 1 rings (SSSR count). The zero-order valence-electron chi connectivity index (χ0n) is 7.34. The molecule has 0 spiro atoms. The first-order chi connectivity index (χ1) is 5.61. The molecule has 0 aliphatic heterocycles. The van der Waals surface area contributed by atoms with Crippen LogP contribution >= 0.6 is 15.9 Å². The maximum atomic E-state index is 9.20. The normalized spacial score (nSPS) is 13.0. The lowest BCUT2D eigenvalue weighted by atomic mass is 10.1. The number of hydrogen-bond donors (Lipinski definition) is 1. The van der Waals surface area contributed by atoms with Gasteiger partial charge in [-0.15, -0.1) is 0 Å². The van der Waals surface area contributed by atoms with Crippen molar-refractivity contribution in [2.24, 2.45) is 0 Å². The van der Waals surface area contributed by atoms with Crippen molar-refractivity contribution in [3.05, 3.63) is 33.8 Å². The van der Waals surface area contributed by atoms with Gasteiger partial charge in [-0.2, -0.15) is 0 Å². The first-order valence-electron chi connectivity index (χ1n) is 4.03. The van der Waals surface area contributed by atoms with Crippen molar-refractivity contribution >= 4 is 15.9 Å². The summed E-state index contributed by atoms with van der Waals surface area (Å²) in [5.41, 5.74) is 2.39. The summed E-state index contributed by atoms with van der Waals surface area (Å²) in [5, 5.41) is 9.20. The van der Waals surface area contributed by atoms with Crippen molar-refractivity contribution < 1.29 is 5.11 Å². The Hall–Kier alpha value is -0.340. The second-order valence-electron chi connectivity index (χ2n) is 3.10. The SMILES string of the molecule is Cc1cccc(CC(C)O)c1Br. The Labute approximate surface area is 81.6 Å². The molecule has 1 aromatic rings. The molecule has 0 heterocycles. The molecule has 66 valence electrons. The molecular formula is C10H13BrO. The Bertz CT molecular complexity index is 269. The molecule has 1 unspecified atom stereocenters. The third-order valence-corrected chi connectivity index (χ3v) is 2.92. The van der Waals surface area contributed by atoms with Crippen LogP contribution in [0.1, 0.15) is 18.1 Å². The summed E-state index contributed by atoms with van der Waals surface area (Å²) in [6.45, 7) is 3.85. The van der Waals surface area contributed by atoms with E-state index in [2.05, 4.69) is 28.9 Å². The van der Waals surface area contributed by atoms with Crippen molar-refractivity contribution in [1.29, 1.82) is 0 Å². The Morgan fingerprint density at radius 3 is 2.75 bits per heavy atom. The van der Waals surface area contributed by atoms with Gasteiger partial charge in [0.2, 0.25) is 0 Å². The minimum atomic E-state index is -0.275. The Morgan fingerprint density at radius 2 is 2.17 bits per heavy atom. The monoisotopic (exact) mass is 228 g/mol. The Kier molecular flexibility index (Phi) is 3.29. The zero-order chi connectivity index (χ0) is 9.14. The van der Waals surface area contributed by atoms with Crippen LogP contribution in [0.15, 0.2) is 22.7 Å². The van der Waals surface area contributed by atoms with Gasteiger partial charge in [0.25, 0.3) is 0 Å². The van der Waals surface area contributed by atoms with Gasteiger partial charge in [-0.1, -0.05) is 34.1 Å². The van der Waals surface area contributed by atoms with Gasteiger partial charge < -0.3 is 5.11 Å². The molecule has 0 aromatic heterocycles. The fourth-order valence-electron chi connectivity index (χ4n) is 1.18. The molecule has 0 saturated heterocycles. The molecule has 1 N–H and O–H groups in total. The van der Waals surface area contributed by atoms with E-state index < -0.39 is 0 Å². The Morgan fingerprint density at radius 1 is 1.50 bits per heavy atom. The highest BCUT2D eigenvalue weighted by atomic mass is 79.9. The van der Waals surface area contributed by atoms with Gasteiger partial charge in [0.05, 0.1) is 6.10 Å². The van der Waals surface area contributed by atoms with Gasteiger partial charge in [0.1, 0.15) is 0 Å². The second kappa shape index (κ2) is 4.06. The Balaban J connectivity index is 2.92. The molecule has 1 atom stereocenters. The highest BCUT2D eigenvalue weighted by molar-refractivity contribution is 9.10. The maximum Gasteiger partial charge on any atom is 0.0552 e. The molecule has 1 aromatic carbocycles. The fourth-order valence-corrected chi connectivity index (χ4v) is 1.61. The molecule has 2 heteroatoms. The van der Waals surface area contributed by atoms with Crippen molar-refractivity contribution in [3.63, 3.8) is 0 Å². The summed E-state index contributed by atoms with van der Waals surface area (Å²) < 4.78 is 1.12. The largest absolute Gasteiger partial charge is 0.393 e. The minimum absolute atomic E-state index is 0.275. The molecule has 0 bridgehead atoms. The number of rotatable bonds is 2. The van der Waals surface area contributed by atoms with Crippen LogP contribution in [-0.4, -0.2) is 11.2 Å². The van der Waals surface area contributed by atoms with Gasteiger partial charge in [0.15, 0.2) is 0 Å². The van der Waals surface area contributed by atoms with E-state index in [0.29, 0.717) is 6.42 Å². The lowest BCUT2D eigenvalue weighted by molar-refractivity contribution is 0.195. The van der Waals surface area contributed by atoms with E-state index >= 15 is 0 Å². The van der Waals surface area contributed by atoms with E-state index in [1.165, 1.54) is 11.1 Å². The number of benzene rings is 1. The molecule has 0 aliphatic carbocycles. The van der Waals surface area contributed by atoms with Crippen LogP contribution in [0.5, 0.6) is 0 Å².